The number of benzene rings is 2. The van der Waals surface area contributed by atoms with Crippen LogP contribution in [0.15, 0.2) is 47.4 Å². The molecule has 1 aliphatic rings. The maximum absolute atomic E-state index is 13.7. The standard InChI is InChI=1S/C27H38N6O6S.ClH/c1-3-4-13-31-27(25(36)37,24(35)30-17-19-11-14-33(15-12-19)26(28)29)23(34)18(2)32-40(38,39)22-10-9-20-7-5-6-8-21(20)16-22;/h5-10,16,18-19,31-32H,3-4,11-15,17H2,1-2H3,(H3,28,29)(H,30,35)(H,36,37);1H. The highest BCUT2D eigenvalue weighted by Crippen LogP contribution is 2.21. The molecule has 1 fully saturated rings. The van der Waals surface area contributed by atoms with Crippen molar-refractivity contribution in [3.8, 4) is 0 Å². The number of hydrogen-bond acceptors (Lipinski definition) is 7. The molecule has 2 aromatic carbocycles. The number of likely N-dealkylation sites (tertiary alicyclic amines) is 1. The van der Waals surface area contributed by atoms with Crippen LogP contribution in [0, 0.1) is 11.3 Å². The number of aliphatic carboxylic acids is 1. The van der Waals surface area contributed by atoms with Gasteiger partial charge in [-0.1, -0.05) is 43.7 Å². The number of guanidine groups is 1. The zero-order valence-electron chi connectivity index (χ0n) is 23.2. The van der Waals surface area contributed by atoms with Gasteiger partial charge in [-0.2, -0.15) is 0 Å². The van der Waals surface area contributed by atoms with E-state index in [1.807, 2.05) is 19.1 Å². The van der Waals surface area contributed by atoms with Gasteiger partial charge in [-0.05, 0) is 61.6 Å². The van der Waals surface area contributed by atoms with E-state index in [0.29, 0.717) is 44.2 Å². The number of fused-ring (bicyclic) bond motifs is 1. The minimum absolute atomic E-state index is 0. The van der Waals surface area contributed by atoms with Gasteiger partial charge in [0, 0.05) is 19.6 Å². The predicted octanol–water partition coefficient (Wildman–Crippen LogP) is 1.43. The number of halogens is 1. The van der Waals surface area contributed by atoms with Gasteiger partial charge in [0.2, 0.25) is 10.0 Å². The van der Waals surface area contributed by atoms with Crippen LogP contribution >= 0.6 is 12.4 Å². The van der Waals surface area contributed by atoms with Crippen molar-refractivity contribution >= 4 is 56.8 Å². The smallest absolute Gasteiger partial charge is 0.341 e. The van der Waals surface area contributed by atoms with Crippen LogP contribution in [0.25, 0.3) is 10.8 Å². The third kappa shape index (κ3) is 7.94. The molecule has 0 radical (unpaired) electrons. The number of carboxylic acids is 1. The number of piperidine rings is 1. The van der Waals surface area contributed by atoms with E-state index in [2.05, 4.69) is 15.4 Å². The Kier molecular flexibility index (Phi) is 12.1. The number of carbonyl (C=O) groups excluding carboxylic acids is 2. The Morgan fingerprint density at radius 3 is 2.37 bits per heavy atom. The first-order valence-electron chi connectivity index (χ1n) is 13.3. The Labute approximate surface area is 246 Å². The van der Waals surface area contributed by atoms with Crippen molar-refractivity contribution in [1.29, 1.82) is 5.41 Å². The lowest BCUT2D eigenvalue weighted by molar-refractivity contribution is -0.156. The molecule has 0 saturated carbocycles. The van der Waals surface area contributed by atoms with E-state index in [4.69, 9.17) is 11.1 Å². The fourth-order valence-corrected chi connectivity index (χ4v) is 6.01. The third-order valence-electron chi connectivity index (χ3n) is 7.21. The minimum atomic E-state index is -4.23. The number of unbranched alkanes of at least 4 members (excludes halogenated alkanes) is 1. The van der Waals surface area contributed by atoms with Gasteiger partial charge in [0.1, 0.15) is 0 Å². The average molecular weight is 611 g/mol. The van der Waals surface area contributed by atoms with Crippen LogP contribution in [0.5, 0.6) is 0 Å². The summed E-state index contributed by atoms with van der Waals surface area (Å²) in [5, 5.41) is 24.5. The molecule has 1 amide bonds. The van der Waals surface area contributed by atoms with Gasteiger partial charge in [-0.3, -0.25) is 20.3 Å². The zero-order chi connectivity index (χ0) is 29.5. The molecule has 1 aliphatic heterocycles. The molecule has 2 unspecified atom stereocenters. The number of carbonyl (C=O) groups is 3. The molecule has 0 aliphatic carbocycles. The van der Waals surface area contributed by atoms with E-state index in [1.165, 1.54) is 19.1 Å². The van der Waals surface area contributed by atoms with Crippen molar-refractivity contribution in [3.63, 3.8) is 0 Å². The van der Waals surface area contributed by atoms with Crippen molar-refractivity contribution in [2.45, 2.75) is 56.0 Å². The summed E-state index contributed by atoms with van der Waals surface area (Å²) in [5.41, 5.74) is 2.84. The first-order chi connectivity index (χ1) is 18.9. The number of rotatable bonds is 13. The normalized spacial score (nSPS) is 16.3. The molecule has 2 aromatic rings. The SMILES string of the molecule is CCCCNC(C(=O)O)(C(=O)NCC1CCN(C(=N)N)CC1)C(=O)C(C)NS(=O)(=O)c1ccc2ccccc2c1.Cl. The Balaban J connectivity index is 0.00000588. The summed E-state index contributed by atoms with van der Waals surface area (Å²) in [6, 6.07) is 10.1. The van der Waals surface area contributed by atoms with E-state index in [-0.39, 0.29) is 42.3 Å². The number of carboxylic acid groups (broad SMARTS) is 1. The number of nitrogens with two attached hydrogens (primary N) is 1. The summed E-state index contributed by atoms with van der Waals surface area (Å²) in [4.78, 5) is 41.3. The van der Waals surface area contributed by atoms with Crippen molar-refractivity contribution in [3.05, 3.63) is 42.5 Å². The van der Waals surface area contributed by atoms with Gasteiger partial charge in [0.15, 0.2) is 11.7 Å². The van der Waals surface area contributed by atoms with Gasteiger partial charge >= 0.3 is 5.97 Å². The second-order valence-corrected chi connectivity index (χ2v) is 11.8. The van der Waals surface area contributed by atoms with E-state index in [9.17, 15) is 27.9 Å². The number of Topliss-reactive ketones (excluding diaryl/α,β-unsaturated/α-hetero) is 1. The highest BCUT2D eigenvalue weighted by atomic mass is 35.5. The fourth-order valence-electron chi connectivity index (χ4n) is 4.77. The number of amides is 1. The maximum atomic E-state index is 13.7. The van der Waals surface area contributed by atoms with E-state index >= 15 is 0 Å². The van der Waals surface area contributed by atoms with E-state index < -0.39 is 39.3 Å². The summed E-state index contributed by atoms with van der Waals surface area (Å²) in [6.45, 7) is 4.34. The highest BCUT2D eigenvalue weighted by Gasteiger charge is 2.54. The first kappa shape index (κ1) is 33.9. The second kappa shape index (κ2) is 14.6. The van der Waals surface area contributed by atoms with Crippen LogP contribution in [-0.2, 0) is 24.4 Å². The molecule has 1 saturated heterocycles. The molecular weight excluding hydrogens is 572 g/mol. The van der Waals surface area contributed by atoms with Crippen LogP contribution in [0.4, 0.5) is 0 Å². The lowest BCUT2D eigenvalue weighted by Crippen LogP contribution is -2.70. The molecule has 2 atom stereocenters. The highest BCUT2D eigenvalue weighted by molar-refractivity contribution is 7.89. The Hall–Kier alpha value is -3.26. The lowest BCUT2D eigenvalue weighted by Gasteiger charge is -2.34. The summed E-state index contributed by atoms with van der Waals surface area (Å²) in [5.74, 6) is -3.91. The molecule has 14 heteroatoms. The lowest BCUT2D eigenvalue weighted by atomic mass is 9.88. The molecule has 41 heavy (non-hydrogen) atoms. The number of sulfonamides is 1. The Morgan fingerprint density at radius 1 is 1.15 bits per heavy atom. The fraction of sp³-hybridized carbons (Fsp3) is 0.481. The third-order valence-corrected chi connectivity index (χ3v) is 8.75. The number of hydrogen-bond donors (Lipinski definition) is 6. The molecule has 1 heterocycles. The maximum Gasteiger partial charge on any atom is 0.341 e. The van der Waals surface area contributed by atoms with Crippen molar-refractivity contribution in [2.24, 2.45) is 11.7 Å². The van der Waals surface area contributed by atoms with Gasteiger partial charge in [-0.15, -0.1) is 12.4 Å². The largest absolute Gasteiger partial charge is 0.479 e. The van der Waals surface area contributed by atoms with Gasteiger partial charge in [-0.25, -0.2) is 17.9 Å². The summed E-state index contributed by atoms with van der Waals surface area (Å²) < 4.78 is 28.6. The van der Waals surface area contributed by atoms with Gasteiger partial charge in [0.05, 0.1) is 10.9 Å². The monoisotopic (exact) mass is 610 g/mol. The van der Waals surface area contributed by atoms with Crippen LogP contribution in [0.3, 0.4) is 0 Å². The molecule has 12 nitrogen and oxygen atoms in total. The Bertz CT molecular complexity index is 1370. The van der Waals surface area contributed by atoms with Crippen LogP contribution in [-0.4, -0.2) is 79.8 Å². The molecule has 7 N–H and O–H groups in total. The number of nitrogens with one attached hydrogen (secondary N) is 4. The van der Waals surface area contributed by atoms with Gasteiger partial charge < -0.3 is 21.1 Å². The van der Waals surface area contributed by atoms with Crippen molar-refractivity contribution in [2.75, 3.05) is 26.2 Å². The molecule has 226 valence electrons. The van der Waals surface area contributed by atoms with Gasteiger partial charge in [0.25, 0.3) is 11.4 Å². The topological polar surface area (TPSA) is 195 Å². The number of nitrogens with zero attached hydrogens (tertiary/aromatic N) is 1. The average Bonchev–Trinajstić information content (AvgIpc) is 2.93. The molecule has 0 spiro atoms. The van der Waals surface area contributed by atoms with Crippen LogP contribution < -0.4 is 21.1 Å². The van der Waals surface area contributed by atoms with Crippen LogP contribution in [0.1, 0.15) is 39.5 Å². The molecular formula is C27H39ClN6O6S. The second-order valence-electron chi connectivity index (χ2n) is 10.1. The van der Waals surface area contributed by atoms with E-state index in [1.54, 1.807) is 23.1 Å². The van der Waals surface area contributed by atoms with E-state index in [0.717, 1.165) is 5.39 Å². The Morgan fingerprint density at radius 2 is 1.78 bits per heavy atom. The molecule has 3 rings (SSSR count). The summed E-state index contributed by atoms with van der Waals surface area (Å²) >= 11 is 0. The zero-order valence-corrected chi connectivity index (χ0v) is 24.8. The first-order valence-corrected chi connectivity index (χ1v) is 14.8. The van der Waals surface area contributed by atoms with Crippen LogP contribution in [0.2, 0.25) is 0 Å². The minimum Gasteiger partial charge on any atom is -0.479 e. The van der Waals surface area contributed by atoms with Crippen molar-refractivity contribution < 1.29 is 27.9 Å². The van der Waals surface area contributed by atoms with Crippen molar-refractivity contribution in [1.82, 2.24) is 20.3 Å². The number of ketones is 1. The quantitative estimate of drug-likeness (QED) is 0.0841. The molecule has 0 bridgehead atoms. The molecule has 0 aromatic heterocycles. The summed E-state index contributed by atoms with van der Waals surface area (Å²) in [7, 11) is -4.23. The summed E-state index contributed by atoms with van der Waals surface area (Å²) in [6.07, 6.45) is 2.42. The predicted molar refractivity (Wildman–Crippen MR) is 158 cm³/mol.